The van der Waals surface area contributed by atoms with Crippen LogP contribution < -0.4 is 5.73 Å². The number of halogens is 2. The standard InChI is InChI=1S/C15H15Cl2N/c16-14-7-6-12(10-15(14)17)13(8-9-18)11-4-2-1-3-5-11/h1-7,10,13H,8-9,18H2/t13-/m0/s1. The van der Waals surface area contributed by atoms with E-state index in [1.165, 1.54) is 5.56 Å². The van der Waals surface area contributed by atoms with Crippen molar-refractivity contribution < 1.29 is 0 Å². The predicted molar refractivity (Wildman–Crippen MR) is 78.4 cm³/mol. The zero-order valence-electron chi connectivity index (χ0n) is 9.94. The van der Waals surface area contributed by atoms with Crippen LogP contribution >= 0.6 is 23.2 Å². The molecule has 2 aromatic rings. The second-order valence-electron chi connectivity index (χ2n) is 4.21. The van der Waals surface area contributed by atoms with E-state index in [4.69, 9.17) is 28.9 Å². The molecule has 0 amide bonds. The van der Waals surface area contributed by atoms with Gasteiger partial charge < -0.3 is 5.73 Å². The third kappa shape index (κ3) is 3.05. The molecular weight excluding hydrogens is 265 g/mol. The van der Waals surface area contributed by atoms with E-state index >= 15 is 0 Å². The first-order valence-corrected chi connectivity index (χ1v) is 6.68. The molecule has 0 spiro atoms. The Balaban J connectivity index is 2.38. The lowest BCUT2D eigenvalue weighted by Crippen LogP contribution is -2.08. The number of nitrogens with two attached hydrogens (primary N) is 1. The highest BCUT2D eigenvalue weighted by Crippen LogP contribution is 2.31. The zero-order valence-corrected chi connectivity index (χ0v) is 11.5. The van der Waals surface area contributed by atoms with Crippen LogP contribution in [0.15, 0.2) is 48.5 Å². The minimum absolute atomic E-state index is 0.269. The molecule has 0 radical (unpaired) electrons. The molecule has 0 fully saturated rings. The summed E-state index contributed by atoms with van der Waals surface area (Å²) in [6.45, 7) is 0.639. The van der Waals surface area contributed by atoms with Gasteiger partial charge in [0.2, 0.25) is 0 Å². The summed E-state index contributed by atoms with van der Waals surface area (Å²) >= 11 is 12.0. The molecule has 0 heterocycles. The largest absolute Gasteiger partial charge is 0.330 e. The lowest BCUT2D eigenvalue weighted by molar-refractivity contribution is 0.726. The molecule has 0 aromatic heterocycles. The van der Waals surface area contributed by atoms with E-state index in [1.807, 2.05) is 36.4 Å². The van der Waals surface area contributed by atoms with E-state index in [0.29, 0.717) is 16.6 Å². The summed E-state index contributed by atoms with van der Waals surface area (Å²) in [6, 6.07) is 16.1. The molecule has 3 heteroatoms. The topological polar surface area (TPSA) is 26.0 Å². The summed E-state index contributed by atoms with van der Waals surface area (Å²) in [5, 5.41) is 1.17. The maximum Gasteiger partial charge on any atom is 0.0595 e. The van der Waals surface area contributed by atoms with Gasteiger partial charge in [-0.05, 0) is 36.2 Å². The van der Waals surface area contributed by atoms with Crippen LogP contribution in [0, 0.1) is 0 Å². The SMILES string of the molecule is NCC[C@@H](c1ccccc1)c1ccc(Cl)c(Cl)c1. The molecule has 0 unspecified atom stereocenters. The summed E-state index contributed by atoms with van der Waals surface area (Å²) in [4.78, 5) is 0. The van der Waals surface area contributed by atoms with Crippen LogP contribution in [0.2, 0.25) is 10.0 Å². The van der Waals surface area contributed by atoms with Crippen molar-refractivity contribution >= 4 is 23.2 Å². The molecule has 0 aliphatic carbocycles. The van der Waals surface area contributed by atoms with Gasteiger partial charge in [0.1, 0.15) is 0 Å². The number of benzene rings is 2. The third-order valence-corrected chi connectivity index (χ3v) is 3.74. The summed E-state index contributed by atoms with van der Waals surface area (Å²) < 4.78 is 0. The van der Waals surface area contributed by atoms with Gasteiger partial charge in [-0.15, -0.1) is 0 Å². The average Bonchev–Trinajstić information content (AvgIpc) is 2.40. The Morgan fingerprint density at radius 2 is 1.61 bits per heavy atom. The van der Waals surface area contributed by atoms with Crippen LogP contribution in [0.5, 0.6) is 0 Å². The molecule has 2 N–H and O–H groups in total. The molecule has 1 atom stereocenters. The molecule has 0 saturated heterocycles. The molecule has 0 bridgehead atoms. The average molecular weight is 280 g/mol. The number of hydrogen-bond acceptors (Lipinski definition) is 1. The Morgan fingerprint density at radius 3 is 2.22 bits per heavy atom. The van der Waals surface area contributed by atoms with Gasteiger partial charge in [0.25, 0.3) is 0 Å². The van der Waals surface area contributed by atoms with Crippen LogP contribution in [0.25, 0.3) is 0 Å². The first kappa shape index (κ1) is 13.4. The Hall–Kier alpha value is -1.02. The Labute approximate surface area is 118 Å². The van der Waals surface area contributed by atoms with Gasteiger partial charge >= 0.3 is 0 Å². The molecule has 0 saturated carbocycles. The van der Waals surface area contributed by atoms with Crippen LogP contribution in [0.4, 0.5) is 0 Å². The minimum atomic E-state index is 0.269. The van der Waals surface area contributed by atoms with Crippen molar-refractivity contribution in [3.8, 4) is 0 Å². The Bertz CT molecular complexity index is 511. The smallest absolute Gasteiger partial charge is 0.0595 e. The van der Waals surface area contributed by atoms with E-state index in [1.54, 1.807) is 0 Å². The first-order chi connectivity index (χ1) is 8.72. The molecule has 18 heavy (non-hydrogen) atoms. The van der Waals surface area contributed by atoms with Crippen LogP contribution in [-0.4, -0.2) is 6.54 Å². The lowest BCUT2D eigenvalue weighted by atomic mass is 9.89. The maximum atomic E-state index is 6.08. The quantitative estimate of drug-likeness (QED) is 0.878. The fourth-order valence-corrected chi connectivity index (χ4v) is 2.41. The Kier molecular flexibility index (Phi) is 4.65. The van der Waals surface area contributed by atoms with Crippen molar-refractivity contribution in [1.29, 1.82) is 0 Å². The van der Waals surface area contributed by atoms with Crippen molar-refractivity contribution in [2.24, 2.45) is 5.73 Å². The predicted octanol–water partition coefficient (Wildman–Crippen LogP) is 4.47. The summed E-state index contributed by atoms with van der Waals surface area (Å²) in [5.74, 6) is 0.269. The lowest BCUT2D eigenvalue weighted by Gasteiger charge is -2.17. The molecule has 2 aromatic carbocycles. The van der Waals surface area contributed by atoms with Crippen molar-refractivity contribution in [2.75, 3.05) is 6.54 Å². The summed E-state index contributed by atoms with van der Waals surface area (Å²) in [6.07, 6.45) is 0.891. The van der Waals surface area contributed by atoms with Gasteiger partial charge in [-0.25, -0.2) is 0 Å². The second kappa shape index (κ2) is 6.24. The van der Waals surface area contributed by atoms with Crippen molar-refractivity contribution in [1.82, 2.24) is 0 Å². The number of hydrogen-bond donors (Lipinski definition) is 1. The van der Waals surface area contributed by atoms with Gasteiger partial charge in [-0.3, -0.25) is 0 Å². The highest BCUT2D eigenvalue weighted by molar-refractivity contribution is 6.42. The van der Waals surface area contributed by atoms with Gasteiger partial charge in [-0.1, -0.05) is 59.6 Å². The fraction of sp³-hybridized carbons (Fsp3) is 0.200. The highest BCUT2D eigenvalue weighted by Gasteiger charge is 2.14. The minimum Gasteiger partial charge on any atom is -0.330 e. The summed E-state index contributed by atoms with van der Waals surface area (Å²) in [5.41, 5.74) is 8.12. The van der Waals surface area contributed by atoms with Gasteiger partial charge in [-0.2, -0.15) is 0 Å². The number of rotatable bonds is 4. The normalized spacial score (nSPS) is 12.4. The van der Waals surface area contributed by atoms with E-state index < -0.39 is 0 Å². The van der Waals surface area contributed by atoms with E-state index in [-0.39, 0.29) is 5.92 Å². The van der Waals surface area contributed by atoms with E-state index in [0.717, 1.165) is 12.0 Å². The highest BCUT2D eigenvalue weighted by atomic mass is 35.5. The summed E-state index contributed by atoms with van der Waals surface area (Å²) in [7, 11) is 0. The van der Waals surface area contributed by atoms with Gasteiger partial charge in [0.05, 0.1) is 10.0 Å². The third-order valence-electron chi connectivity index (χ3n) is 3.00. The van der Waals surface area contributed by atoms with Crippen LogP contribution in [-0.2, 0) is 0 Å². The van der Waals surface area contributed by atoms with Crippen molar-refractivity contribution in [2.45, 2.75) is 12.3 Å². The molecule has 0 aliphatic heterocycles. The molecule has 2 rings (SSSR count). The van der Waals surface area contributed by atoms with Crippen LogP contribution in [0.3, 0.4) is 0 Å². The maximum absolute atomic E-state index is 6.08. The second-order valence-corrected chi connectivity index (χ2v) is 5.03. The first-order valence-electron chi connectivity index (χ1n) is 5.92. The van der Waals surface area contributed by atoms with E-state index in [9.17, 15) is 0 Å². The monoisotopic (exact) mass is 279 g/mol. The van der Waals surface area contributed by atoms with Crippen molar-refractivity contribution in [3.05, 3.63) is 69.7 Å². The molecule has 94 valence electrons. The van der Waals surface area contributed by atoms with Crippen LogP contribution in [0.1, 0.15) is 23.5 Å². The van der Waals surface area contributed by atoms with Gasteiger partial charge in [0.15, 0.2) is 0 Å². The molecule has 0 aliphatic rings. The zero-order chi connectivity index (χ0) is 13.0. The van der Waals surface area contributed by atoms with Gasteiger partial charge in [0, 0.05) is 5.92 Å². The molecule has 1 nitrogen and oxygen atoms in total. The molecular formula is C15H15Cl2N. The Morgan fingerprint density at radius 1 is 0.889 bits per heavy atom. The fourth-order valence-electron chi connectivity index (χ4n) is 2.11. The van der Waals surface area contributed by atoms with Crippen molar-refractivity contribution in [3.63, 3.8) is 0 Å². The van der Waals surface area contributed by atoms with E-state index in [2.05, 4.69) is 12.1 Å².